The number of carboxylic acid groups (broad SMARTS) is 1. The molecule has 1 atom stereocenters. The monoisotopic (exact) mass is 323 g/mol. The Morgan fingerprint density at radius 2 is 2.05 bits per heavy atom. The van der Waals surface area contributed by atoms with Crippen molar-refractivity contribution in [3.8, 4) is 0 Å². The number of ketones is 1. The molecular formula is C16H21NO4S. The van der Waals surface area contributed by atoms with Gasteiger partial charge in [-0.05, 0) is 32.8 Å². The van der Waals surface area contributed by atoms with E-state index in [1.54, 1.807) is 16.2 Å². The van der Waals surface area contributed by atoms with Crippen molar-refractivity contribution in [1.82, 2.24) is 4.90 Å². The zero-order chi connectivity index (χ0) is 16.3. The van der Waals surface area contributed by atoms with Crippen molar-refractivity contribution in [1.29, 1.82) is 0 Å². The summed E-state index contributed by atoms with van der Waals surface area (Å²) in [4.78, 5) is 39.0. The van der Waals surface area contributed by atoms with Crippen LogP contribution in [-0.2, 0) is 9.59 Å². The molecule has 2 rings (SSSR count). The van der Waals surface area contributed by atoms with E-state index >= 15 is 0 Å². The second-order valence-corrected chi connectivity index (χ2v) is 7.23. The molecule has 6 heteroatoms. The van der Waals surface area contributed by atoms with E-state index in [-0.39, 0.29) is 31.1 Å². The number of aryl methyl sites for hydroxylation is 2. The van der Waals surface area contributed by atoms with Crippen molar-refractivity contribution >= 4 is 29.0 Å². The number of rotatable bonds is 5. The van der Waals surface area contributed by atoms with Gasteiger partial charge >= 0.3 is 5.97 Å². The number of aliphatic carboxylic acids is 1. The maximum atomic E-state index is 12.2. The normalized spacial score (nSPS) is 18.3. The fourth-order valence-electron chi connectivity index (χ4n) is 2.83. The molecule has 1 aliphatic rings. The van der Waals surface area contributed by atoms with Crippen molar-refractivity contribution in [3.63, 3.8) is 0 Å². The number of carboxylic acids is 1. The standard InChI is InChI=1S/C16H21NO4S/c1-10-8-13(11(2)22-10)14(18)5-6-15(19)17-7-3-4-12(9-17)16(20)21/h8,12H,3-7,9H2,1-2H3,(H,20,21)/t12-/m0/s1. The van der Waals surface area contributed by atoms with Gasteiger partial charge in [0.05, 0.1) is 5.92 Å². The third-order valence-corrected chi connectivity index (χ3v) is 5.00. The lowest BCUT2D eigenvalue weighted by molar-refractivity contribution is -0.145. The van der Waals surface area contributed by atoms with Crippen LogP contribution in [0.5, 0.6) is 0 Å². The molecule has 1 aromatic heterocycles. The highest BCUT2D eigenvalue weighted by molar-refractivity contribution is 7.12. The minimum absolute atomic E-state index is 0.0120. The van der Waals surface area contributed by atoms with E-state index in [1.807, 2.05) is 19.9 Å². The second kappa shape index (κ2) is 7.05. The van der Waals surface area contributed by atoms with E-state index in [0.717, 1.165) is 9.75 Å². The smallest absolute Gasteiger partial charge is 0.308 e. The van der Waals surface area contributed by atoms with Crippen LogP contribution in [0, 0.1) is 19.8 Å². The van der Waals surface area contributed by atoms with Gasteiger partial charge in [-0.1, -0.05) is 0 Å². The van der Waals surface area contributed by atoms with Gasteiger partial charge in [-0.2, -0.15) is 0 Å². The predicted molar refractivity (Wildman–Crippen MR) is 84.3 cm³/mol. The number of Topliss-reactive ketones (excluding diaryl/α,β-unsaturated/α-hetero) is 1. The number of hydrogen-bond acceptors (Lipinski definition) is 4. The lowest BCUT2D eigenvalue weighted by atomic mass is 9.97. The zero-order valence-corrected chi connectivity index (χ0v) is 13.7. The van der Waals surface area contributed by atoms with Crippen molar-refractivity contribution in [3.05, 3.63) is 21.4 Å². The van der Waals surface area contributed by atoms with Gasteiger partial charge in [0.2, 0.25) is 5.91 Å². The Hall–Kier alpha value is -1.69. The summed E-state index contributed by atoms with van der Waals surface area (Å²) in [6, 6.07) is 1.87. The first-order chi connectivity index (χ1) is 10.4. The summed E-state index contributed by atoms with van der Waals surface area (Å²) in [7, 11) is 0. The maximum Gasteiger partial charge on any atom is 0.308 e. The van der Waals surface area contributed by atoms with E-state index in [9.17, 15) is 14.4 Å². The summed E-state index contributed by atoms with van der Waals surface area (Å²) in [5, 5.41) is 9.05. The Morgan fingerprint density at radius 3 is 2.64 bits per heavy atom. The van der Waals surface area contributed by atoms with E-state index in [0.29, 0.717) is 24.9 Å². The number of carbonyl (C=O) groups is 3. The van der Waals surface area contributed by atoms with Crippen LogP contribution < -0.4 is 0 Å². The lowest BCUT2D eigenvalue weighted by Crippen LogP contribution is -2.42. The molecule has 0 spiro atoms. The van der Waals surface area contributed by atoms with Crippen LogP contribution in [0.4, 0.5) is 0 Å². The fourth-order valence-corrected chi connectivity index (χ4v) is 3.77. The van der Waals surface area contributed by atoms with Gasteiger partial charge in [-0.15, -0.1) is 11.3 Å². The van der Waals surface area contributed by atoms with Gasteiger partial charge in [0.25, 0.3) is 0 Å². The molecule has 5 nitrogen and oxygen atoms in total. The average Bonchev–Trinajstić information content (AvgIpc) is 2.83. The van der Waals surface area contributed by atoms with E-state index < -0.39 is 11.9 Å². The number of thiophene rings is 1. The minimum Gasteiger partial charge on any atom is -0.481 e. The molecule has 1 aromatic rings. The van der Waals surface area contributed by atoms with E-state index in [1.165, 1.54) is 0 Å². The number of likely N-dealkylation sites (tertiary alicyclic amines) is 1. The van der Waals surface area contributed by atoms with Crippen molar-refractivity contribution in [2.45, 2.75) is 39.5 Å². The summed E-state index contributed by atoms with van der Waals surface area (Å²) >= 11 is 1.58. The summed E-state index contributed by atoms with van der Waals surface area (Å²) < 4.78 is 0. The van der Waals surface area contributed by atoms with Crippen LogP contribution in [0.3, 0.4) is 0 Å². The zero-order valence-electron chi connectivity index (χ0n) is 12.9. The Morgan fingerprint density at radius 1 is 1.32 bits per heavy atom. The second-order valence-electron chi connectivity index (χ2n) is 5.77. The Balaban J connectivity index is 1.88. The molecule has 1 amide bonds. The number of amides is 1. The molecule has 22 heavy (non-hydrogen) atoms. The fraction of sp³-hybridized carbons (Fsp3) is 0.562. The first-order valence-corrected chi connectivity index (χ1v) is 8.31. The largest absolute Gasteiger partial charge is 0.481 e. The van der Waals surface area contributed by atoms with Crippen molar-refractivity contribution in [2.75, 3.05) is 13.1 Å². The maximum absolute atomic E-state index is 12.2. The molecule has 0 aromatic carbocycles. The Labute approximate surface area is 133 Å². The SMILES string of the molecule is Cc1cc(C(=O)CCC(=O)N2CCC[C@H](C(=O)O)C2)c(C)s1. The van der Waals surface area contributed by atoms with Crippen LogP contribution in [0.25, 0.3) is 0 Å². The van der Waals surface area contributed by atoms with Crippen molar-refractivity contribution < 1.29 is 19.5 Å². The van der Waals surface area contributed by atoms with Gasteiger partial charge in [0.15, 0.2) is 5.78 Å². The molecule has 0 radical (unpaired) electrons. The first-order valence-electron chi connectivity index (χ1n) is 7.49. The Kier molecular flexibility index (Phi) is 5.34. The van der Waals surface area contributed by atoms with E-state index in [4.69, 9.17) is 5.11 Å². The molecule has 0 bridgehead atoms. The third-order valence-electron chi connectivity index (χ3n) is 4.03. The van der Waals surface area contributed by atoms with Crippen LogP contribution in [0.1, 0.15) is 45.8 Å². The van der Waals surface area contributed by atoms with Gasteiger partial charge in [0.1, 0.15) is 0 Å². The summed E-state index contributed by atoms with van der Waals surface area (Å²) in [6.45, 7) is 4.72. The highest BCUT2D eigenvalue weighted by Gasteiger charge is 2.28. The van der Waals surface area contributed by atoms with Gasteiger partial charge < -0.3 is 10.0 Å². The minimum atomic E-state index is -0.849. The summed E-state index contributed by atoms with van der Waals surface area (Å²) in [5.41, 5.74) is 0.706. The van der Waals surface area contributed by atoms with Gasteiger partial charge in [-0.25, -0.2) is 0 Å². The Bertz CT molecular complexity index is 593. The highest BCUT2D eigenvalue weighted by Crippen LogP contribution is 2.23. The van der Waals surface area contributed by atoms with E-state index in [2.05, 4.69) is 0 Å². The first kappa shape index (κ1) is 16.7. The van der Waals surface area contributed by atoms with Crippen LogP contribution in [-0.4, -0.2) is 40.8 Å². The van der Waals surface area contributed by atoms with Crippen LogP contribution in [0.2, 0.25) is 0 Å². The molecule has 1 aliphatic heterocycles. The third kappa shape index (κ3) is 3.94. The molecule has 0 aliphatic carbocycles. The summed E-state index contributed by atoms with van der Waals surface area (Å²) in [5.74, 6) is -1.46. The van der Waals surface area contributed by atoms with Gasteiger partial charge in [0, 0.05) is 41.2 Å². The number of nitrogens with zero attached hydrogens (tertiary/aromatic N) is 1. The molecule has 1 fully saturated rings. The quantitative estimate of drug-likeness (QED) is 0.845. The number of carbonyl (C=O) groups excluding carboxylic acids is 2. The number of piperidine rings is 1. The predicted octanol–water partition coefficient (Wildman–Crippen LogP) is 2.65. The van der Waals surface area contributed by atoms with Crippen molar-refractivity contribution in [2.24, 2.45) is 5.92 Å². The van der Waals surface area contributed by atoms with Crippen LogP contribution in [0.15, 0.2) is 6.07 Å². The molecule has 1 N–H and O–H groups in total. The highest BCUT2D eigenvalue weighted by atomic mass is 32.1. The summed E-state index contributed by atoms with van der Waals surface area (Å²) in [6.07, 6.45) is 1.66. The topological polar surface area (TPSA) is 74.7 Å². The molecule has 120 valence electrons. The lowest BCUT2D eigenvalue weighted by Gasteiger charge is -2.30. The molecular weight excluding hydrogens is 302 g/mol. The number of hydrogen-bond donors (Lipinski definition) is 1. The molecule has 1 saturated heterocycles. The van der Waals surface area contributed by atoms with Gasteiger partial charge in [-0.3, -0.25) is 14.4 Å². The average molecular weight is 323 g/mol. The molecule has 0 saturated carbocycles. The molecule has 0 unspecified atom stereocenters. The van der Waals surface area contributed by atoms with Crippen LogP contribution >= 0.6 is 11.3 Å². The molecule has 2 heterocycles.